The van der Waals surface area contributed by atoms with E-state index in [0.717, 1.165) is 16.3 Å². The third kappa shape index (κ3) is 1.27. The fraction of sp³-hybridized carbons (Fsp3) is 0.333. The van der Waals surface area contributed by atoms with Gasteiger partial charge in [-0.15, -0.1) is 0 Å². The van der Waals surface area contributed by atoms with Crippen LogP contribution in [-0.4, -0.2) is 0 Å². The molecule has 0 N–H and O–H groups in total. The summed E-state index contributed by atoms with van der Waals surface area (Å²) >= 11 is 0. The molecular formula is C15H14F2. The summed E-state index contributed by atoms with van der Waals surface area (Å²) < 4.78 is 28.9. The van der Waals surface area contributed by atoms with Gasteiger partial charge in [0.25, 0.3) is 5.92 Å². The average molecular weight is 232 g/mol. The first kappa shape index (κ1) is 10.7. The molecule has 2 heteroatoms. The molecule has 0 amide bonds. The van der Waals surface area contributed by atoms with Crippen LogP contribution in [0.1, 0.15) is 30.9 Å². The van der Waals surface area contributed by atoms with Crippen molar-refractivity contribution < 1.29 is 8.78 Å². The van der Waals surface area contributed by atoms with Crippen molar-refractivity contribution in [3.8, 4) is 0 Å². The van der Waals surface area contributed by atoms with Crippen LogP contribution in [0.25, 0.3) is 10.8 Å². The lowest BCUT2D eigenvalue weighted by Gasteiger charge is -2.24. The Balaban J connectivity index is 2.41. The van der Waals surface area contributed by atoms with Crippen LogP contribution in [0.3, 0.4) is 0 Å². The Labute approximate surface area is 99.3 Å². The zero-order chi connectivity index (χ0) is 12.2. The number of benzene rings is 2. The Bertz CT molecular complexity index is 579. The molecule has 0 bridgehead atoms. The van der Waals surface area contributed by atoms with Crippen molar-refractivity contribution in [2.45, 2.75) is 25.7 Å². The van der Waals surface area contributed by atoms with E-state index in [1.54, 1.807) is 12.1 Å². The number of hydrogen-bond acceptors (Lipinski definition) is 0. The van der Waals surface area contributed by atoms with E-state index in [4.69, 9.17) is 0 Å². The van der Waals surface area contributed by atoms with Crippen LogP contribution in [0.15, 0.2) is 36.4 Å². The molecule has 0 heterocycles. The predicted molar refractivity (Wildman–Crippen MR) is 65.4 cm³/mol. The van der Waals surface area contributed by atoms with Gasteiger partial charge < -0.3 is 0 Å². The molecule has 0 fully saturated rings. The fourth-order valence-electron chi connectivity index (χ4n) is 3.05. The molecule has 3 rings (SSSR count). The number of halogens is 2. The number of alkyl halides is 2. The average Bonchev–Trinajstić information content (AvgIpc) is 2.50. The molecule has 0 aliphatic heterocycles. The highest BCUT2D eigenvalue weighted by molar-refractivity contribution is 5.92. The second-order valence-electron chi connectivity index (χ2n) is 5.10. The van der Waals surface area contributed by atoms with E-state index in [2.05, 4.69) is 0 Å². The highest BCUT2D eigenvalue weighted by atomic mass is 19.3. The fourth-order valence-corrected chi connectivity index (χ4v) is 3.05. The Morgan fingerprint density at radius 2 is 1.71 bits per heavy atom. The summed E-state index contributed by atoms with van der Waals surface area (Å²) in [5.74, 6) is -3.50. The van der Waals surface area contributed by atoms with Crippen molar-refractivity contribution in [1.29, 1.82) is 0 Å². The monoisotopic (exact) mass is 232 g/mol. The Morgan fingerprint density at radius 3 is 2.35 bits per heavy atom. The quantitative estimate of drug-likeness (QED) is 0.669. The Kier molecular flexibility index (Phi) is 2.07. The molecule has 2 aromatic rings. The van der Waals surface area contributed by atoms with E-state index >= 15 is 0 Å². The SMILES string of the molecule is CC(C)C1c2cccc3cccc(c23)C1(F)F. The highest BCUT2D eigenvalue weighted by Crippen LogP contribution is 2.55. The van der Waals surface area contributed by atoms with Crippen molar-refractivity contribution in [2.24, 2.45) is 5.92 Å². The summed E-state index contributed by atoms with van der Waals surface area (Å²) in [7, 11) is 0. The molecule has 0 saturated carbocycles. The van der Waals surface area contributed by atoms with Crippen molar-refractivity contribution in [1.82, 2.24) is 0 Å². The van der Waals surface area contributed by atoms with Crippen LogP contribution in [0, 0.1) is 5.92 Å². The van der Waals surface area contributed by atoms with E-state index in [1.807, 2.05) is 38.1 Å². The van der Waals surface area contributed by atoms with Gasteiger partial charge in [-0.2, -0.15) is 0 Å². The van der Waals surface area contributed by atoms with Gasteiger partial charge in [-0.3, -0.25) is 0 Å². The maximum Gasteiger partial charge on any atom is 0.280 e. The molecule has 0 spiro atoms. The van der Waals surface area contributed by atoms with Crippen LogP contribution < -0.4 is 0 Å². The van der Waals surface area contributed by atoms with Crippen molar-refractivity contribution in [3.05, 3.63) is 47.5 Å². The number of hydrogen-bond donors (Lipinski definition) is 0. The first-order valence-corrected chi connectivity index (χ1v) is 5.93. The normalized spacial score (nSPS) is 21.4. The van der Waals surface area contributed by atoms with E-state index in [0.29, 0.717) is 0 Å². The molecule has 0 nitrogen and oxygen atoms in total. The second kappa shape index (κ2) is 3.28. The molecule has 1 unspecified atom stereocenters. The van der Waals surface area contributed by atoms with Gasteiger partial charge in [0.05, 0.1) is 5.92 Å². The molecule has 0 radical (unpaired) electrons. The van der Waals surface area contributed by atoms with Crippen molar-refractivity contribution in [2.75, 3.05) is 0 Å². The summed E-state index contributed by atoms with van der Waals surface area (Å²) in [4.78, 5) is 0. The maximum atomic E-state index is 14.4. The molecule has 88 valence electrons. The zero-order valence-electron chi connectivity index (χ0n) is 9.87. The van der Waals surface area contributed by atoms with Crippen molar-refractivity contribution in [3.63, 3.8) is 0 Å². The predicted octanol–water partition coefficient (Wildman–Crippen LogP) is 4.68. The van der Waals surface area contributed by atoms with Gasteiger partial charge in [0.1, 0.15) is 0 Å². The molecule has 17 heavy (non-hydrogen) atoms. The summed E-state index contributed by atoms with van der Waals surface area (Å²) in [5, 5.41) is 1.68. The van der Waals surface area contributed by atoms with Crippen LogP contribution in [-0.2, 0) is 5.92 Å². The maximum absolute atomic E-state index is 14.4. The summed E-state index contributed by atoms with van der Waals surface area (Å²) in [5.41, 5.74) is 1.00. The molecule has 0 saturated heterocycles. The smallest absolute Gasteiger partial charge is 0.201 e. The second-order valence-corrected chi connectivity index (χ2v) is 5.10. The van der Waals surface area contributed by atoms with Gasteiger partial charge in [0.2, 0.25) is 0 Å². The lowest BCUT2D eigenvalue weighted by atomic mass is 9.87. The van der Waals surface area contributed by atoms with Gasteiger partial charge in [0, 0.05) is 5.56 Å². The standard InChI is InChI=1S/C15H14F2/c1-9(2)14-11-7-3-5-10-6-4-8-12(13(10)11)15(14,16)17/h3-9,14H,1-2H3. The molecule has 2 aromatic carbocycles. The first-order valence-electron chi connectivity index (χ1n) is 5.93. The third-order valence-corrected chi connectivity index (χ3v) is 3.69. The van der Waals surface area contributed by atoms with Gasteiger partial charge >= 0.3 is 0 Å². The third-order valence-electron chi connectivity index (χ3n) is 3.69. The van der Waals surface area contributed by atoms with Crippen LogP contribution in [0.2, 0.25) is 0 Å². The van der Waals surface area contributed by atoms with Gasteiger partial charge in [-0.05, 0) is 22.3 Å². The van der Waals surface area contributed by atoms with Gasteiger partial charge in [0.15, 0.2) is 0 Å². The molecule has 0 aromatic heterocycles. The van der Waals surface area contributed by atoms with E-state index in [9.17, 15) is 8.78 Å². The van der Waals surface area contributed by atoms with Crippen LogP contribution in [0.4, 0.5) is 8.78 Å². The lowest BCUT2D eigenvalue weighted by Crippen LogP contribution is -2.23. The van der Waals surface area contributed by atoms with Crippen LogP contribution >= 0.6 is 0 Å². The van der Waals surface area contributed by atoms with Crippen LogP contribution in [0.5, 0.6) is 0 Å². The minimum absolute atomic E-state index is 0.0667. The van der Waals surface area contributed by atoms with E-state index in [-0.39, 0.29) is 11.5 Å². The zero-order valence-corrected chi connectivity index (χ0v) is 9.87. The van der Waals surface area contributed by atoms with E-state index < -0.39 is 11.8 Å². The Hall–Kier alpha value is -1.44. The number of rotatable bonds is 1. The summed E-state index contributed by atoms with van der Waals surface area (Å²) in [6.45, 7) is 3.73. The summed E-state index contributed by atoms with van der Waals surface area (Å²) in [6.07, 6.45) is 0. The molecule has 1 aliphatic rings. The largest absolute Gasteiger partial charge is 0.280 e. The molecular weight excluding hydrogens is 218 g/mol. The minimum atomic E-state index is -2.74. The van der Waals surface area contributed by atoms with Gasteiger partial charge in [-0.1, -0.05) is 50.2 Å². The first-order chi connectivity index (χ1) is 8.03. The minimum Gasteiger partial charge on any atom is -0.201 e. The Morgan fingerprint density at radius 1 is 1.06 bits per heavy atom. The van der Waals surface area contributed by atoms with Gasteiger partial charge in [-0.25, -0.2) is 8.78 Å². The molecule has 1 atom stereocenters. The van der Waals surface area contributed by atoms with E-state index in [1.165, 1.54) is 0 Å². The van der Waals surface area contributed by atoms with Crippen molar-refractivity contribution >= 4 is 10.8 Å². The lowest BCUT2D eigenvalue weighted by molar-refractivity contribution is -0.0406. The molecule has 1 aliphatic carbocycles. The highest BCUT2D eigenvalue weighted by Gasteiger charge is 2.50. The topological polar surface area (TPSA) is 0 Å². The summed E-state index contributed by atoms with van der Waals surface area (Å²) in [6, 6.07) is 10.8.